The van der Waals surface area contributed by atoms with Crippen molar-refractivity contribution in [1.29, 1.82) is 0 Å². The third-order valence-corrected chi connectivity index (χ3v) is 4.70. The number of aliphatic imine (C=N–C) groups is 2. The lowest BCUT2D eigenvalue weighted by Crippen LogP contribution is -2.15. The maximum atomic E-state index is 6.18. The number of halogens is 3. The van der Waals surface area contributed by atoms with Gasteiger partial charge in [-0.3, -0.25) is 9.98 Å². The van der Waals surface area contributed by atoms with Crippen molar-refractivity contribution in [2.75, 3.05) is 14.1 Å². The summed E-state index contributed by atoms with van der Waals surface area (Å²) in [5, 5.41) is 0. The molecule has 0 radical (unpaired) electrons. The molecule has 5 nitrogen and oxygen atoms in total. The van der Waals surface area contributed by atoms with Gasteiger partial charge < -0.3 is 16.2 Å². The van der Waals surface area contributed by atoms with E-state index in [1.165, 1.54) is 0 Å². The van der Waals surface area contributed by atoms with Gasteiger partial charge in [-0.15, -0.1) is 37.2 Å². The molecule has 0 aliphatic carbocycles. The van der Waals surface area contributed by atoms with Crippen molar-refractivity contribution in [3.8, 4) is 5.75 Å². The molecule has 0 bridgehead atoms. The minimum absolute atomic E-state index is 0. The predicted octanol–water partition coefficient (Wildman–Crippen LogP) is 4.79. The van der Waals surface area contributed by atoms with Gasteiger partial charge in [0, 0.05) is 37.3 Å². The van der Waals surface area contributed by atoms with Gasteiger partial charge in [-0.05, 0) is 29.3 Å². The van der Waals surface area contributed by atoms with Gasteiger partial charge in [0.2, 0.25) is 0 Å². The molecule has 32 heavy (non-hydrogen) atoms. The van der Waals surface area contributed by atoms with E-state index >= 15 is 0 Å². The van der Waals surface area contributed by atoms with Gasteiger partial charge in [-0.1, -0.05) is 54.6 Å². The average Bonchev–Trinajstić information content (AvgIpc) is 2.79. The van der Waals surface area contributed by atoms with Crippen molar-refractivity contribution < 1.29 is 4.74 Å². The SMILES string of the molecule is CN=C(N)c1ccc(OCc2ccc(CN)cc2)c(C(=NC)c2ccccc2)c1.Cl.Cl.Cl. The third kappa shape index (κ3) is 7.24. The number of nitrogens with two attached hydrogens (primary N) is 2. The summed E-state index contributed by atoms with van der Waals surface area (Å²) in [5.74, 6) is 1.21. The molecule has 8 heteroatoms. The Hall–Kier alpha value is -2.57. The lowest BCUT2D eigenvalue weighted by atomic mass is 9.99. The van der Waals surface area contributed by atoms with E-state index < -0.39 is 0 Å². The molecule has 0 amide bonds. The van der Waals surface area contributed by atoms with Crippen molar-refractivity contribution in [1.82, 2.24) is 0 Å². The van der Waals surface area contributed by atoms with Crippen LogP contribution in [0.2, 0.25) is 0 Å². The van der Waals surface area contributed by atoms with E-state index in [9.17, 15) is 0 Å². The van der Waals surface area contributed by atoms with Gasteiger partial charge in [0.05, 0.1) is 5.71 Å². The molecule has 0 spiro atoms. The highest BCUT2D eigenvalue weighted by Crippen LogP contribution is 2.25. The quantitative estimate of drug-likeness (QED) is 0.365. The van der Waals surface area contributed by atoms with Crippen LogP contribution >= 0.6 is 37.2 Å². The van der Waals surface area contributed by atoms with Crippen molar-refractivity contribution in [2.24, 2.45) is 21.5 Å². The van der Waals surface area contributed by atoms with Gasteiger partial charge >= 0.3 is 0 Å². The van der Waals surface area contributed by atoms with E-state index in [2.05, 4.69) is 9.98 Å². The number of hydrogen-bond acceptors (Lipinski definition) is 4. The summed E-state index contributed by atoms with van der Waals surface area (Å²) >= 11 is 0. The van der Waals surface area contributed by atoms with Crippen LogP contribution in [0.5, 0.6) is 5.75 Å². The number of amidine groups is 1. The summed E-state index contributed by atoms with van der Waals surface area (Å²) in [6.07, 6.45) is 0. The van der Waals surface area contributed by atoms with Crippen LogP contribution in [0.25, 0.3) is 0 Å². The lowest BCUT2D eigenvalue weighted by molar-refractivity contribution is 0.305. The molecule has 0 saturated carbocycles. The van der Waals surface area contributed by atoms with Crippen molar-refractivity contribution >= 4 is 48.8 Å². The first-order valence-electron chi connectivity index (χ1n) is 9.46. The highest BCUT2D eigenvalue weighted by atomic mass is 35.5. The molecule has 0 saturated heterocycles. The molecule has 0 heterocycles. The van der Waals surface area contributed by atoms with E-state index in [1.807, 2.05) is 72.8 Å². The zero-order valence-corrected chi connectivity index (χ0v) is 20.5. The Morgan fingerprint density at radius 1 is 0.781 bits per heavy atom. The van der Waals surface area contributed by atoms with Crippen LogP contribution in [-0.2, 0) is 13.2 Å². The monoisotopic (exact) mass is 494 g/mol. The van der Waals surface area contributed by atoms with Crippen LogP contribution in [0.3, 0.4) is 0 Å². The van der Waals surface area contributed by atoms with Crippen LogP contribution in [-0.4, -0.2) is 25.6 Å². The van der Waals surface area contributed by atoms with Crippen LogP contribution < -0.4 is 16.2 Å². The van der Waals surface area contributed by atoms with E-state index in [1.54, 1.807) is 14.1 Å². The second kappa shape index (κ2) is 14.5. The predicted molar refractivity (Wildman–Crippen MR) is 142 cm³/mol. The van der Waals surface area contributed by atoms with Gasteiger partial charge in [0.1, 0.15) is 18.2 Å². The number of rotatable bonds is 7. The normalized spacial score (nSPS) is 11.0. The Kier molecular flexibility index (Phi) is 13.3. The molecular weight excluding hydrogens is 467 g/mol. The molecule has 0 unspecified atom stereocenters. The van der Waals surface area contributed by atoms with Crippen LogP contribution in [0.4, 0.5) is 0 Å². The van der Waals surface area contributed by atoms with Crippen molar-refractivity contribution in [3.05, 3.63) is 101 Å². The van der Waals surface area contributed by atoms with E-state index in [0.717, 1.165) is 39.3 Å². The van der Waals surface area contributed by atoms with Gasteiger partial charge in [-0.2, -0.15) is 0 Å². The maximum absolute atomic E-state index is 6.18. The summed E-state index contributed by atoms with van der Waals surface area (Å²) < 4.78 is 6.18. The second-order valence-electron chi connectivity index (χ2n) is 6.57. The summed E-state index contributed by atoms with van der Waals surface area (Å²) in [5.41, 5.74) is 17.4. The highest BCUT2D eigenvalue weighted by molar-refractivity contribution is 6.15. The number of nitrogens with zero attached hydrogens (tertiary/aromatic N) is 2. The minimum Gasteiger partial charge on any atom is -0.488 e. The molecule has 4 N–H and O–H groups in total. The molecule has 0 aromatic heterocycles. The fourth-order valence-electron chi connectivity index (χ4n) is 3.06. The molecular formula is C24H29Cl3N4O. The molecule has 3 aromatic rings. The van der Waals surface area contributed by atoms with Crippen LogP contribution in [0.1, 0.15) is 27.8 Å². The molecule has 0 fully saturated rings. The van der Waals surface area contributed by atoms with Crippen LogP contribution in [0.15, 0.2) is 82.8 Å². The summed E-state index contributed by atoms with van der Waals surface area (Å²) in [6, 6.07) is 23.9. The molecule has 172 valence electrons. The Morgan fingerprint density at radius 3 is 1.97 bits per heavy atom. The summed E-state index contributed by atoms with van der Waals surface area (Å²) in [4.78, 5) is 8.64. The first kappa shape index (κ1) is 29.4. The van der Waals surface area contributed by atoms with Gasteiger partial charge in [0.15, 0.2) is 0 Å². The summed E-state index contributed by atoms with van der Waals surface area (Å²) in [7, 11) is 3.46. The second-order valence-corrected chi connectivity index (χ2v) is 6.57. The van der Waals surface area contributed by atoms with Crippen molar-refractivity contribution in [3.63, 3.8) is 0 Å². The average molecular weight is 496 g/mol. The largest absolute Gasteiger partial charge is 0.488 e. The van der Waals surface area contributed by atoms with E-state index in [0.29, 0.717) is 19.0 Å². The Morgan fingerprint density at radius 2 is 1.41 bits per heavy atom. The van der Waals surface area contributed by atoms with Crippen molar-refractivity contribution in [2.45, 2.75) is 13.2 Å². The fraction of sp³-hybridized carbons (Fsp3) is 0.167. The molecule has 0 atom stereocenters. The standard InChI is InChI=1S/C24H26N4O.3ClH/c1-27-23(19-6-4-3-5-7-19)21-14-20(24(26)28-2)12-13-22(21)29-16-18-10-8-17(15-25)9-11-18;;;/h3-14H,15-16,25H2,1-2H3,(H2,26,28);3*1H. The first-order valence-corrected chi connectivity index (χ1v) is 9.46. The number of benzene rings is 3. The molecule has 3 rings (SSSR count). The minimum atomic E-state index is 0. The van der Waals surface area contributed by atoms with E-state index in [4.69, 9.17) is 16.2 Å². The number of hydrogen-bond donors (Lipinski definition) is 2. The Balaban J connectivity index is 0.00000320. The van der Waals surface area contributed by atoms with Crippen LogP contribution in [0, 0.1) is 0 Å². The fourth-order valence-corrected chi connectivity index (χ4v) is 3.06. The zero-order valence-electron chi connectivity index (χ0n) is 18.0. The Labute approximate surface area is 208 Å². The third-order valence-electron chi connectivity index (χ3n) is 4.70. The molecule has 0 aliphatic rings. The number of ether oxygens (including phenoxy) is 1. The van der Waals surface area contributed by atoms with Gasteiger partial charge in [-0.25, -0.2) is 0 Å². The molecule has 3 aromatic carbocycles. The smallest absolute Gasteiger partial charge is 0.129 e. The topological polar surface area (TPSA) is 86.0 Å². The van der Waals surface area contributed by atoms with E-state index in [-0.39, 0.29) is 37.2 Å². The zero-order chi connectivity index (χ0) is 20.6. The molecule has 0 aliphatic heterocycles. The Bertz CT molecular complexity index is 1020. The lowest BCUT2D eigenvalue weighted by Gasteiger charge is -2.15. The summed E-state index contributed by atoms with van der Waals surface area (Å²) in [6.45, 7) is 0.973. The van der Waals surface area contributed by atoms with Gasteiger partial charge in [0.25, 0.3) is 0 Å². The first-order chi connectivity index (χ1) is 14.2. The maximum Gasteiger partial charge on any atom is 0.129 e. The highest BCUT2D eigenvalue weighted by Gasteiger charge is 2.15.